The number of carbonyl (C=O) groups excluding carboxylic acids is 3. The van der Waals surface area contributed by atoms with Gasteiger partial charge in [0, 0.05) is 6.07 Å². The second kappa shape index (κ2) is 5.78. The van der Waals surface area contributed by atoms with Crippen molar-refractivity contribution in [2.24, 2.45) is 0 Å². The third-order valence-corrected chi connectivity index (χ3v) is 3.72. The molecule has 0 fully saturated rings. The van der Waals surface area contributed by atoms with E-state index in [0.717, 1.165) is 19.2 Å². The van der Waals surface area contributed by atoms with Crippen LogP contribution in [-0.2, 0) is 4.74 Å². The highest BCUT2D eigenvalue weighted by molar-refractivity contribution is 6.35. The van der Waals surface area contributed by atoms with E-state index in [1.54, 1.807) is 12.1 Å². The molecule has 0 aromatic heterocycles. The Kier molecular flexibility index (Phi) is 3.76. The Morgan fingerprint density at radius 3 is 2.16 bits per heavy atom. The molecule has 0 saturated heterocycles. The molecule has 126 valence electrons. The Morgan fingerprint density at radius 1 is 1.12 bits per heavy atom. The largest absolute Gasteiger partial charge is 0.465 e. The number of benzene rings is 2. The van der Waals surface area contributed by atoms with Crippen LogP contribution in [0.4, 0.5) is 15.8 Å². The molecule has 2 aromatic rings. The van der Waals surface area contributed by atoms with E-state index in [2.05, 4.69) is 4.74 Å². The fourth-order valence-electron chi connectivity index (χ4n) is 2.59. The molecular weight excluding hydrogens is 335 g/mol. The van der Waals surface area contributed by atoms with E-state index in [0.29, 0.717) is 4.90 Å². The van der Waals surface area contributed by atoms with Gasteiger partial charge in [-0.25, -0.2) is 9.69 Å². The fraction of sp³-hybridized carbons (Fsp3) is 0.0625. The van der Waals surface area contributed by atoms with Gasteiger partial charge >= 0.3 is 11.7 Å². The normalized spacial score (nSPS) is 13.0. The first-order valence-electron chi connectivity index (χ1n) is 6.91. The van der Waals surface area contributed by atoms with Crippen LogP contribution in [0.15, 0.2) is 36.4 Å². The Labute approximate surface area is 139 Å². The zero-order valence-corrected chi connectivity index (χ0v) is 12.7. The lowest BCUT2D eigenvalue weighted by Gasteiger charge is -2.17. The van der Waals surface area contributed by atoms with Gasteiger partial charge < -0.3 is 4.74 Å². The van der Waals surface area contributed by atoms with Gasteiger partial charge in [0.1, 0.15) is 5.56 Å². The average molecular weight is 344 g/mol. The number of methoxy groups -OCH3 is 1. The first kappa shape index (κ1) is 16.2. The number of rotatable bonds is 3. The lowest BCUT2D eigenvalue weighted by atomic mass is 10.1. The molecule has 25 heavy (non-hydrogen) atoms. The van der Waals surface area contributed by atoms with Gasteiger partial charge in [0.25, 0.3) is 11.8 Å². The van der Waals surface area contributed by atoms with Gasteiger partial charge in [-0.05, 0) is 18.2 Å². The summed E-state index contributed by atoms with van der Waals surface area (Å²) in [6.45, 7) is 0. The second-order valence-corrected chi connectivity index (χ2v) is 5.03. The first-order valence-corrected chi connectivity index (χ1v) is 6.91. The molecule has 0 bridgehead atoms. The number of hydrogen-bond acceptors (Lipinski definition) is 6. The van der Waals surface area contributed by atoms with Crippen molar-refractivity contribution in [2.45, 2.75) is 0 Å². The van der Waals surface area contributed by atoms with Gasteiger partial charge in [0.05, 0.1) is 28.8 Å². The molecular formula is C16H9FN2O6. The molecule has 2 amide bonds. The van der Waals surface area contributed by atoms with Crippen LogP contribution in [0.3, 0.4) is 0 Å². The molecule has 1 heterocycles. The molecule has 0 atom stereocenters. The van der Waals surface area contributed by atoms with Gasteiger partial charge in [0.2, 0.25) is 5.82 Å². The standard InChI is InChI=1S/C16H9FN2O6/c1-25-16(22)12-10(6-7-11(13(12)17)19(23)24)18-14(20)8-4-2-3-5-9(8)15(18)21/h2-7H,1H3. The molecule has 0 radical (unpaired) electrons. The van der Waals surface area contributed by atoms with E-state index in [4.69, 9.17) is 0 Å². The molecule has 0 N–H and O–H groups in total. The maximum absolute atomic E-state index is 14.5. The summed E-state index contributed by atoms with van der Waals surface area (Å²) >= 11 is 0. The molecule has 3 rings (SSSR count). The Hall–Kier alpha value is -3.62. The number of anilines is 1. The van der Waals surface area contributed by atoms with Gasteiger partial charge in [0.15, 0.2) is 0 Å². The number of nitro groups is 1. The van der Waals surface area contributed by atoms with Crippen molar-refractivity contribution >= 4 is 29.2 Å². The predicted octanol–water partition coefficient (Wildman–Crippen LogP) is 2.32. The van der Waals surface area contributed by atoms with Crippen molar-refractivity contribution in [1.29, 1.82) is 0 Å². The molecule has 0 aliphatic carbocycles. The molecule has 0 spiro atoms. The minimum Gasteiger partial charge on any atom is -0.465 e. The minimum atomic E-state index is -1.48. The third-order valence-electron chi connectivity index (χ3n) is 3.72. The van der Waals surface area contributed by atoms with Crippen molar-refractivity contribution in [3.05, 3.63) is 69.0 Å². The van der Waals surface area contributed by atoms with Crippen molar-refractivity contribution in [2.75, 3.05) is 12.0 Å². The molecule has 0 unspecified atom stereocenters. The first-order chi connectivity index (χ1) is 11.9. The summed E-state index contributed by atoms with van der Waals surface area (Å²) in [6.07, 6.45) is 0. The summed E-state index contributed by atoms with van der Waals surface area (Å²) in [6, 6.07) is 7.66. The highest BCUT2D eigenvalue weighted by Crippen LogP contribution is 2.35. The van der Waals surface area contributed by atoms with Crippen molar-refractivity contribution in [3.8, 4) is 0 Å². The van der Waals surface area contributed by atoms with Crippen LogP contribution in [-0.4, -0.2) is 29.8 Å². The highest BCUT2D eigenvalue weighted by Gasteiger charge is 2.40. The summed E-state index contributed by atoms with van der Waals surface area (Å²) in [4.78, 5) is 47.4. The lowest BCUT2D eigenvalue weighted by molar-refractivity contribution is -0.387. The Balaban J connectivity index is 2.24. The van der Waals surface area contributed by atoms with Gasteiger partial charge in [-0.1, -0.05) is 12.1 Å². The van der Waals surface area contributed by atoms with Crippen molar-refractivity contribution in [1.82, 2.24) is 0 Å². The maximum atomic E-state index is 14.5. The number of imide groups is 1. The smallest absolute Gasteiger partial charge is 0.343 e. The number of amides is 2. The quantitative estimate of drug-likeness (QED) is 0.366. The summed E-state index contributed by atoms with van der Waals surface area (Å²) in [5.74, 6) is -4.25. The molecule has 9 heteroatoms. The average Bonchev–Trinajstić information content (AvgIpc) is 2.85. The van der Waals surface area contributed by atoms with Crippen molar-refractivity contribution in [3.63, 3.8) is 0 Å². The number of ether oxygens (including phenoxy) is 1. The van der Waals surface area contributed by atoms with E-state index < -0.39 is 45.5 Å². The number of esters is 1. The van der Waals surface area contributed by atoms with Gasteiger partial charge in [-0.3, -0.25) is 19.7 Å². The Morgan fingerprint density at radius 2 is 1.68 bits per heavy atom. The fourth-order valence-corrected chi connectivity index (χ4v) is 2.59. The summed E-state index contributed by atoms with van der Waals surface area (Å²) < 4.78 is 18.9. The minimum absolute atomic E-state index is 0.0853. The lowest BCUT2D eigenvalue weighted by Crippen LogP contribution is -2.31. The zero-order valence-electron chi connectivity index (χ0n) is 12.7. The van der Waals surface area contributed by atoms with Crippen LogP contribution in [0.2, 0.25) is 0 Å². The zero-order chi connectivity index (χ0) is 18.3. The topological polar surface area (TPSA) is 107 Å². The Bertz CT molecular complexity index is 921. The number of fused-ring (bicyclic) bond motifs is 1. The SMILES string of the molecule is COC(=O)c1c(N2C(=O)c3ccccc3C2=O)ccc([N+](=O)[O-])c1F. The van der Waals surface area contributed by atoms with Crippen LogP contribution >= 0.6 is 0 Å². The second-order valence-electron chi connectivity index (χ2n) is 5.03. The third kappa shape index (κ3) is 2.33. The molecule has 0 saturated carbocycles. The van der Waals surface area contributed by atoms with E-state index in [-0.39, 0.29) is 11.1 Å². The van der Waals surface area contributed by atoms with Crippen LogP contribution in [0.25, 0.3) is 0 Å². The number of carbonyl (C=O) groups is 3. The molecule has 2 aromatic carbocycles. The van der Waals surface area contributed by atoms with Gasteiger partial charge in [-0.2, -0.15) is 4.39 Å². The number of hydrogen-bond donors (Lipinski definition) is 0. The summed E-state index contributed by atoms with van der Waals surface area (Å²) in [5.41, 5.74) is -2.07. The van der Waals surface area contributed by atoms with E-state index in [1.807, 2.05) is 0 Å². The number of nitrogens with zero attached hydrogens (tertiary/aromatic N) is 2. The van der Waals surface area contributed by atoms with Crippen LogP contribution < -0.4 is 4.90 Å². The van der Waals surface area contributed by atoms with Crippen LogP contribution in [0.1, 0.15) is 31.1 Å². The van der Waals surface area contributed by atoms with E-state index in [9.17, 15) is 28.9 Å². The monoisotopic (exact) mass is 344 g/mol. The molecule has 1 aliphatic heterocycles. The van der Waals surface area contributed by atoms with Crippen LogP contribution in [0, 0.1) is 15.9 Å². The van der Waals surface area contributed by atoms with E-state index in [1.165, 1.54) is 12.1 Å². The van der Waals surface area contributed by atoms with Crippen LogP contribution in [0.5, 0.6) is 0 Å². The maximum Gasteiger partial charge on any atom is 0.343 e. The summed E-state index contributed by atoms with van der Waals surface area (Å²) in [5, 5.41) is 10.9. The van der Waals surface area contributed by atoms with Crippen molar-refractivity contribution < 1.29 is 28.4 Å². The molecule has 1 aliphatic rings. The number of nitro benzene ring substituents is 1. The van der Waals surface area contributed by atoms with E-state index >= 15 is 0 Å². The van der Waals surface area contributed by atoms with Gasteiger partial charge in [-0.15, -0.1) is 0 Å². The highest BCUT2D eigenvalue weighted by atomic mass is 19.1. The summed E-state index contributed by atoms with van der Waals surface area (Å²) in [7, 11) is 0.951. The number of halogens is 1. The predicted molar refractivity (Wildman–Crippen MR) is 82.0 cm³/mol. The molecule has 8 nitrogen and oxygen atoms in total.